The molecule has 2 rings (SSSR count). The summed E-state index contributed by atoms with van der Waals surface area (Å²) in [6.45, 7) is -0.121. The van der Waals surface area contributed by atoms with E-state index < -0.39 is 16.0 Å². The average Bonchev–Trinajstić information content (AvgIpc) is 2.54. The van der Waals surface area contributed by atoms with Crippen molar-refractivity contribution in [1.82, 2.24) is 0 Å². The van der Waals surface area contributed by atoms with Gasteiger partial charge in [-0.3, -0.25) is 20.2 Å². The molecule has 23 heavy (non-hydrogen) atoms. The fraction of sp³-hybridized carbons (Fsp3) is 0.0714. The molecule has 9 heteroatoms. The third kappa shape index (κ3) is 4.49. The number of non-ortho nitro benzene ring substituents is 2. The summed E-state index contributed by atoms with van der Waals surface area (Å²) in [7, 11) is 0. The minimum Gasteiger partial charge on any atom is -0.429 e. The number of ether oxygens (including phenoxy) is 2. The van der Waals surface area contributed by atoms with Crippen LogP contribution in [0, 0.1) is 20.2 Å². The zero-order valence-corrected chi connectivity index (χ0v) is 11.6. The molecule has 0 heterocycles. The Balaban J connectivity index is 1.87. The predicted octanol–water partition coefficient (Wildman–Crippen LogP) is 3.22. The number of carbonyl (C=O) groups is 1. The fourth-order valence-electron chi connectivity index (χ4n) is 1.62. The SMILES string of the molecule is O=C(OCc1ccc([N+](=O)[O-])cc1)Oc1ccc([N+](=O)[O-])cc1. The molecule has 0 radical (unpaired) electrons. The van der Waals surface area contributed by atoms with E-state index in [4.69, 9.17) is 9.47 Å². The first-order valence-corrected chi connectivity index (χ1v) is 6.28. The number of rotatable bonds is 5. The van der Waals surface area contributed by atoms with Gasteiger partial charge in [0.25, 0.3) is 11.4 Å². The molecule has 118 valence electrons. The number of nitro benzene ring substituents is 2. The van der Waals surface area contributed by atoms with Crippen LogP contribution in [0.5, 0.6) is 5.75 Å². The summed E-state index contributed by atoms with van der Waals surface area (Å²) in [5.41, 5.74) is 0.357. The summed E-state index contributed by atoms with van der Waals surface area (Å²) < 4.78 is 9.69. The Bertz CT molecular complexity index is 726. The second-order valence-corrected chi connectivity index (χ2v) is 4.32. The van der Waals surface area contributed by atoms with E-state index in [1.54, 1.807) is 0 Å². The molecule has 0 aliphatic heterocycles. The van der Waals surface area contributed by atoms with E-state index in [9.17, 15) is 25.0 Å². The van der Waals surface area contributed by atoms with E-state index >= 15 is 0 Å². The van der Waals surface area contributed by atoms with Gasteiger partial charge in [0.15, 0.2) is 0 Å². The molecule has 0 fully saturated rings. The maximum atomic E-state index is 11.5. The van der Waals surface area contributed by atoms with Gasteiger partial charge in [0.1, 0.15) is 12.4 Å². The Morgan fingerprint density at radius 2 is 1.35 bits per heavy atom. The van der Waals surface area contributed by atoms with Crippen LogP contribution in [0.3, 0.4) is 0 Å². The number of nitro groups is 2. The van der Waals surface area contributed by atoms with Gasteiger partial charge in [-0.05, 0) is 29.8 Å². The molecule has 0 amide bonds. The molecule has 0 atom stereocenters. The fourth-order valence-corrected chi connectivity index (χ4v) is 1.62. The summed E-state index contributed by atoms with van der Waals surface area (Å²) in [5, 5.41) is 21.0. The third-order valence-electron chi connectivity index (χ3n) is 2.75. The van der Waals surface area contributed by atoms with Crippen LogP contribution >= 0.6 is 0 Å². The van der Waals surface area contributed by atoms with Crippen LogP contribution in [0.1, 0.15) is 5.56 Å². The van der Waals surface area contributed by atoms with Crippen molar-refractivity contribution in [3.05, 3.63) is 74.3 Å². The third-order valence-corrected chi connectivity index (χ3v) is 2.75. The molecule has 2 aromatic carbocycles. The van der Waals surface area contributed by atoms with Gasteiger partial charge in [-0.1, -0.05) is 0 Å². The number of carbonyl (C=O) groups excluding carboxylic acids is 1. The number of nitrogens with zero attached hydrogens (tertiary/aromatic N) is 2. The van der Waals surface area contributed by atoms with Crippen molar-refractivity contribution in [2.75, 3.05) is 0 Å². The van der Waals surface area contributed by atoms with Crippen LogP contribution < -0.4 is 4.74 Å². The summed E-state index contributed by atoms with van der Waals surface area (Å²) in [4.78, 5) is 31.4. The normalized spacial score (nSPS) is 9.91. The van der Waals surface area contributed by atoms with Gasteiger partial charge in [0.05, 0.1) is 9.85 Å². The molecule has 0 saturated heterocycles. The first-order chi connectivity index (χ1) is 11.0. The Morgan fingerprint density at radius 1 is 0.870 bits per heavy atom. The maximum absolute atomic E-state index is 11.5. The highest BCUT2D eigenvalue weighted by atomic mass is 16.7. The Hall–Kier alpha value is -3.49. The van der Waals surface area contributed by atoms with Crippen molar-refractivity contribution in [2.24, 2.45) is 0 Å². The first kappa shape index (κ1) is 15.9. The topological polar surface area (TPSA) is 122 Å². The van der Waals surface area contributed by atoms with E-state index in [1.807, 2.05) is 0 Å². The first-order valence-electron chi connectivity index (χ1n) is 6.28. The van der Waals surface area contributed by atoms with Gasteiger partial charge in [-0.2, -0.15) is 0 Å². The summed E-state index contributed by atoms with van der Waals surface area (Å²) in [6, 6.07) is 10.4. The number of hydrogen-bond donors (Lipinski definition) is 0. The van der Waals surface area contributed by atoms with E-state index in [0.717, 1.165) is 0 Å². The average molecular weight is 318 g/mol. The van der Waals surface area contributed by atoms with Gasteiger partial charge in [0.2, 0.25) is 0 Å². The lowest BCUT2D eigenvalue weighted by Gasteiger charge is -2.05. The molecule has 0 saturated carbocycles. The minimum atomic E-state index is -0.989. The van der Waals surface area contributed by atoms with Crippen molar-refractivity contribution >= 4 is 17.5 Å². The molecular formula is C14H10N2O7. The second kappa shape index (κ2) is 6.98. The lowest BCUT2D eigenvalue weighted by atomic mass is 10.2. The van der Waals surface area contributed by atoms with E-state index in [-0.39, 0.29) is 23.7 Å². The van der Waals surface area contributed by atoms with Crippen LogP contribution in [0.25, 0.3) is 0 Å². The van der Waals surface area contributed by atoms with Crippen LogP contribution in [0.4, 0.5) is 16.2 Å². The largest absolute Gasteiger partial charge is 0.514 e. The van der Waals surface area contributed by atoms with E-state index in [1.165, 1.54) is 48.5 Å². The molecule has 0 unspecified atom stereocenters. The van der Waals surface area contributed by atoms with E-state index in [2.05, 4.69) is 0 Å². The van der Waals surface area contributed by atoms with Crippen LogP contribution in [0.2, 0.25) is 0 Å². The van der Waals surface area contributed by atoms with Crippen LogP contribution in [-0.4, -0.2) is 16.0 Å². The zero-order valence-electron chi connectivity index (χ0n) is 11.6. The molecule has 0 bridgehead atoms. The molecule has 0 N–H and O–H groups in total. The maximum Gasteiger partial charge on any atom is 0.514 e. The van der Waals surface area contributed by atoms with Gasteiger partial charge in [-0.15, -0.1) is 0 Å². The van der Waals surface area contributed by atoms with Crippen molar-refractivity contribution in [2.45, 2.75) is 6.61 Å². The highest BCUT2D eigenvalue weighted by Crippen LogP contribution is 2.18. The van der Waals surface area contributed by atoms with Gasteiger partial charge >= 0.3 is 6.16 Å². The van der Waals surface area contributed by atoms with Crippen molar-refractivity contribution in [3.8, 4) is 5.75 Å². The smallest absolute Gasteiger partial charge is 0.429 e. The number of hydrogen-bond acceptors (Lipinski definition) is 7. The summed E-state index contributed by atoms with van der Waals surface area (Å²) in [5.74, 6) is 0.101. The highest BCUT2D eigenvalue weighted by Gasteiger charge is 2.10. The monoisotopic (exact) mass is 318 g/mol. The lowest BCUT2D eigenvalue weighted by Crippen LogP contribution is -2.10. The Labute approximate surface area is 129 Å². The summed E-state index contributed by atoms with van der Waals surface area (Å²) in [6.07, 6.45) is -0.989. The van der Waals surface area contributed by atoms with Gasteiger partial charge in [-0.25, -0.2) is 4.79 Å². The van der Waals surface area contributed by atoms with E-state index in [0.29, 0.717) is 5.56 Å². The molecule has 0 aromatic heterocycles. The van der Waals surface area contributed by atoms with Crippen molar-refractivity contribution < 1.29 is 24.1 Å². The van der Waals surface area contributed by atoms with Gasteiger partial charge < -0.3 is 9.47 Å². The van der Waals surface area contributed by atoms with Crippen molar-refractivity contribution in [1.29, 1.82) is 0 Å². The quantitative estimate of drug-likeness (QED) is 0.359. The Morgan fingerprint density at radius 3 is 1.83 bits per heavy atom. The molecular weight excluding hydrogens is 308 g/mol. The van der Waals surface area contributed by atoms with Crippen LogP contribution in [-0.2, 0) is 11.3 Å². The van der Waals surface area contributed by atoms with Crippen molar-refractivity contribution in [3.63, 3.8) is 0 Å². The molecule has 0 spiro atoms. The van der Waals surface area contributed by atoms with Gasteiger partial charge in [0, 0.05) is 24.3 Å². The molecule has 9 nitrogen and oxygen atoms in total. The molecule has 0 aliphatic rings. The zero-order chi connectivity index (χ0) is 16.8. The standard InChI is InChI=1S/C14H10N2O7/c17-14(23-13-7-5-12(6-8-13)16(20)21)22-9-10-1-3-11(4-2-10)15(18)19/h1-8H,9H2. The highest BCUT2D eigenvalue weighted by molar-refractivity contribution is 5.64. The lowest BCUT2D eigenvalue weighted by molar-refractivity contribution is -0.385. The molecule has 0 aliphatic carbocycles. The second-order valence-electron chi connectivity index (χ2n) is 4.32. The number of benzene rings is 2. The molecule has 2 aromatic rings. The predicted molar refractivity (Wildman–Crippen MR) is 77.0 cm³/mol. The van der Waals surface area contributed by atoms with Crippen LogP contribution in [0.15, 0.2) is 48.5 Å². The summed E-state index contributed by atoms with van der Waals surface area (Å²) >= 11 is 0. The minimum absolute atomic E-state index is 0.0674. The Kier molecular flexibility index (Phi) is 4.82.